The second-order valence-corrected chi connectivity index (χ2v) is 6.67. The summed E-state index contributed by atoms with van der Waals surface area (Å²) in [6, 6.07) is 4.73. The van der Waals surface area contributed by atoms with E-state index in [0.717, 1.165) is 5.56 Å². The highest BCUT2D eigenvalue weighted by molar-refractivity contribution is 7.89. The van der Waals surface area contributed by atoms with E-state index >= 15 is 0 Å². The fourth-order valence-electron chi connectivity index (χ4n) is 1.86. The Morgan fingerprint density at radius 3 is 2.61 bits per heavy atom. The van der Waals surface area contributed by atoms with E-state index in [1.807, 2.05) is 6.92 Å². The highest BCUT2D eigenvalue weighted by Crippen LogP contribution is 2.24. The van der Waals surface area contributed by atoms with Crippen molar-refractivity contribution in [1.29, 1.82) is 0 Å². The number of halogens is 2. The van der Waals surface area contributed by atoms with Gasteiger partial charge in [0.15, 0.2) is 0 Å². The van der Waals surface area contributed by atoms with Crippen molar-refractivity contribution in [1.82, 2.24) is 4.31 Å². The molecule has 0 bridgehead atoms. The van der Waals surface area contributed by atoms with Crippen LogP contribution in [-0.4, -0.2) is 31.9 Å². The minimum atomic E-state index is -3.44. The van der Waals surface area contributed by atoms with E-state index in [1.54, 1.807) is 12.1 Å². The Balaban J connectivity index is 0.00000162. The molecule has 2 N–H and O–H groups in total. The van der Waals surface area contributed by atoms with Gasteiger partial charge in [-0.15, -0.1) is 12.4 Å². The molecule has 4 nitrogen and oxygen atoms in total. The van der Waals surface area contributed by atoms with E-state index in [0.29, 0.717) is 24.5 Å². The van der Waals surface area contributed by atoms with Crippen molar-refractivity contribution in [2.24, 2.45) is 5.73 Å². The number of rotatable bonds is 2. The van der Waals surface area contributed by atoms with Crippen LogP contribution in [0.1, 0.15) is 12.0 Å². The van der Waals surface area contributed by atoms with Gasteiger partial charge in [-0.3, -0.25) is 0 Å². The SMILES string of the molecule is Cc1ccc(S(=O)(=O)N2CC[C@@H](N)C2)cc1Cl.Cl. The maximum absolute atomic E-state index is 12.3. The highest BCUT2D eigenvalue weighted by Gasteiger charge is 2.30. The van der Waals surface area contributed by atoms with Crippen LogP contribution >= 0.6 is 24.0 Å². The predicted octanol–water partition coefficient (Wildman–Crippen LogP) is 1.79. The molecule has 0 aromatic heterocycles. The number of hydrogen-bond donors (Lipinski definition) is 1. The van der Waals surface area contributed by atoms with Gasteiger partial charge in [-0.2, -0.15) is 4.31 Å². The van der Waals surface area contributed by atoms with Gasteiger partial charge in [-0.25, -0.2) is 8.42 Å². The summed E-state index contributed by atoms with van der Waals surface area (Å²) < 4.78 is 25.9. The summed E-state index contributed by atoms with van der Waals surface area (Å²) in [7, 11) is -3.44. The van der Waals surface area contributed by atoms with Crippen molar-refractivity contribution < 1.29 is 8.42 Å². The van der Waals surface area contributed by atoms with Gasteiger partial charge >= 0.3 is 0 Å². The smallest absolute Gasteiger partial charge is 0.243 e. The molecule has 1 atom stereocenters. The first kappa shape index (κ1) is 15.7. The third-order valence-electron chi connectivity index (χ3n) is 2.97. The molecular formula is C11H16Cl2N2O2S. The summed E-state index contributed by atoms with van der Waals surface area (Å²) in [6.45, 7) is 2.70. The van der Waals surface area contributed by atoms with Crippen molar-refractivity contribution in [3.63, 3.8) is 0 Å². The molecular weight excluding hydrogens is 295 g/mol. The van der Waals surface area contributed by atoms with Crippen LogP contribution in [0.15, 0.2) is 23.1 Å². The third kappa shape index (κ3) is 2.97. The lowest BCUT2D eigenvalue weighted by molar-refractivity contribution is 0.472. The van der Waals surface area contributed by atoms with Gasteiger partial charge in [0.2, 0.25) is 10.0 Å². The van der Waals surface area contributed by atoms with E-state index < -0.39 is 10.0 Å². The summed E-state index contributed by atoms with van der Waals surface area (Å²) >= 11 is 5.95. The number of aryl methyl sites for hydroxylation is 1. The van der Waals surface area contributed by atoms with Crippen molar-refractivity contribution in [2.45, 2.75) is 24.3 Å². The number of sulfonamides is 1. The van der Waals surface area contributed by atoms with Crippen molar-refractivity contribution >= 4 is 34.0 Å². The maximum atomic E-state index is 12.3. The van der Waals surface area contributed by atoms with E-state index in [4.69, 9.17) is 17.3 Å². The Bertz CT molecular complexity index is 534. The van der Waals surface area contributed by atoms with E-state index in [-0.39, 0.29) is 23.3 Å². The first-order valence-electron chi connectivity index (χ1n) is 5.43. The van der Waals surface area contributed by atoms with E-state index in [9.17, 15) is 8.42 Å². The van der Waals surface area contributed by atoms with Crippen LogP contribution in [-0.2, 0) is 10.0 Å². The summed E-state index contributed by atoms with van der Waals surface area (Å²) in [6.07, 6.45) is 0.707. The fraction of sp³-hybridized carbons (Fsp3) is 0.455. The first-order chi connectivity index (χ1) is 7.91. The van der Waals surface area contributed by atoms with Crippen LogP contribution in [0, 0.1) is 6.92 Å². The minimum Gasteiger partial charge on any atom is -0.326 e. The Kier molecular flexibility index (Phi) is 5.03. The lowest BCUT2D eigenvalue weighted by Gasteiger charge is -2.16. The van der Waals surface area contributed by atoms with E-state index in [2.05, 4.69) is 0 Å². The molecule has 1 fully saturated rings. The minimum absolute atomic E-state index is 0. The second-order valence-electron chi connectivity index (χ2n) is 4.32. The largest absolute Gasteiger partial charge is 0.326 e. The number of nitrogens with zero attached hydrogens (tertiary/aromatic N) is 1. The van der Waals surface area contributed by atoms with Crippen LogP contribution in [0.5, 0.6) is 0 Å². The topological polar surface area (TPSA) is 63.4 Å². The van der Waals surface area contributed by atoms with Gasteiger partial charge in [-0.1, -0.05) is 17.7 Å². The first-order valence-corrected chi connectivity index (χ1v) is 7.25. The molecule has 0 unspecified atom stereocenters. The molecule has 7 heteroatoms. The van der Waals surface area contributed by atoms with Gasteiger partial charge in [0.1, 0.15) is 0 Å². The fourth-order valence-corrected chi connectivity index (χ4v) is 3.64. The van der Waals surface area contributed by atoms with Crippen molar-refractivity contribution in [2.75, 3.05) is 13.1 Å². The van der Waals surface area contributed by atoms with Gasteiger partial charge in [0.25, 0.3) is 0 Å². The molecule has 18 heavy (non-hydrogen) atoms. The average molecular weight is 311 g/mol. The molecule has 1 saturated heterocycles. The number of benzene rings is 1. The van der Waals surface area contributed by atoms with Crippen LogP contribution in [0.3, 0.4) is 0 Å². The van der Waals surface area contributed by atoms with Gasteiger partial charge in [0, 0.05) is 24.2 Å². The molecule has 0 aliphatic carbocycles. The van der Waals surface area contributed by atoms with Crippen molar-refractivity contribution in [3.05, 3.63) is 28.8 Å². The summed E-state index contributed by atoms with van der Waals surface area (Å²) in [5.41, 5.74) is 6.59. The lowest BCUT2D eigenvalue weighted by Crippen LogP contribution is -2.31. The molecule has 1 aromatic rings. The Labute approximate surface area is 119 Å². The second kappa shape index (κ2) is 5.75. The van der Waals surface area contributed by atoms with E-state index in [1.165, 1.54) is 10.4 Å². The Morgan fingerprint density at radius 2 is 2.11 bits per heavy atom. The van der Waals surface area contributed by atoms with Gasteiger partial charge < -0.3 is 5.73 Å². The number of nitrogens with two attached hydrogens (primary N) is 1. The van der Waals surface area contributed by atoms with Gasteiger partial charge in [0.05, 0.1) is 4.90 Å². The summed E-state index contributed by atoms with van der Waals surface area (Å²) in [5.74, 6) is 0. The van der Waals surface area contributed by atoms with Crippen LogP contribution in [0.4, 0.5) is 0 Å². The summed E-state index contributed by atoms with van der Waals surface area (Å²) in [4.78, 5) is 0.238. The van der Waals surface area contributed by atoms with Gasteiger partial charge in [-0.05, 0) is 31.0 Å². The molecule has 102 valence electrons. The number of hydrogen-bond acceptors (Lipinski definition) is 3. The highest BCUT2D eigenvalue weighted by atomic mass is 35.5. The lowest BCUT2D eigenvalue weighted by atomic mass is 10.2. The monoisotopic (exact) mass is 310 g/mol. The molecule has 1 heterocycles. The molecule has 0 radical (unpaired) electrons. The van der Waals surface area contributed by atoms with Crippen LogP contribution in [0.2, 0.25) is 5.02 Å². The molecule has 1 aliphatic heterocycles. The Hall–Kier alpha value is -0.330. The molecule has 1 aromatic carbocycles. The molecule has 1 aliphatic rings. The summed E-state index contributed by atoms with van der Waals surface area (Å²) in [5, 5.41) is 0.467. The average Bonchev–Trinajstić information content (AvgIpc) is 2.69. The predicted molar refractivity (Wildman–Crippen MR) is 74.8 cm³/mol. The Morgan fingerprint density at radius 1 is 1.44 bits per heavy atom. The normalized spacial score (nSPS) is 20.7. The van der Waals surface area contributed by atoms with Crippen LogP contribution in [0.25, 0.3) is 0 Å². The molecule has 0 amide bonds. The maximum Gasteiger partial charge on any atom is 0.243 e. The molecule has 0 spiro atoms. The molecule has 0 saturated carbocycles. The molecule has 2 rings (SSSR count). The zero-order valence-electron chi connectivity index (χ0n) is 9.97. The standard InChI is InChI=1S/C11H15ClN2O2S.ClH/c1-8-2-3-10(6-11(8)12)17(15,16)14-5-4-9(13)7-14;/h2-3,6,9H,4-5,7,13H2,1H3;1H/t9-;/m1./s1. The zero-order chi connectivity index (χ0) is 12.6. The van der Waals surface area contributed by atoms with Crippen molar-refractivity contribution in [3.8, 4) is 0 Å². The third-order valence-corrected chi connectivity index (χ3v) is 5.24. The zero-order valence-corrected chi connectivity index (χ0v) is 12.4. The van der Waals surface area contributed by atoms with Crippen LogP contribution < -0.4 is 5.73 Å². The quantitative estimate of drug-likeness (QED) is 0.906.